The van der Waals surface area contributed by atoms with Crippen LogP contribution in [-0.4, -0.2) is 13.2 Å². The smallest absolute Gasteiger partial charge is 0.0983 e. The maximum absolute atomic E-state index is 6.01. The van der Waals surface area contributed by atoms with Crippen LogP contribution in [0.25, 0.3) is 0 Å². The van der Waals surface area contributed by atoms with Crippen molar-refractivity contribution in [2.24, 2.45) is 5.73 Å². The molecule has 0 spiro atoms. The van der Waals surface area contributed by atoms with E-state index in [1.165, 1.54) is 0 Å². The third kappa shape index (κ3) is 3.14. The first kappa shape index (κ1) is 13.7. The molecule has 0 aromatic heterocycles. The van der Waals surface area contributed by atoms with Gasteiger partial charge in [0.25, 0.3) is 0 Å². The number of hydrogen-bond donors (Lipinski definition) is 1. The van der Waals surface area contributed by atoms with Crippen LogP contribution in [0.1, 0.15) is 18.6 Å². The number of methoxy groups -OCH3 is 1. The van der Waals surface area contributed by atoms with Crippen molar-refractivity contribution in [2.45, 2.75) is 19.1 Å². The SMILES string of the molecule is COC(c1ccccc1Cl)C(C)N.Cl. The molecule has 0 heterocycles. The lowest BCUT2D eigenvalue weighted by Crippen LogP contribution is -2.26. The average Bonchev–Trinajstić information content (AvgIpc) is 2.09. The third-order valence-corrected chi connectivity index (χ3v) is 2.29. The Morgan fingerprint density at radius 1 is 1.36 bits per heavy atom. The summed E-state index contributed by atoms with van der Waals surface area (Å²) in [4.78, 5) is 0. The molecule has 14 heavy (non-hydrogen) atoms. The minimum atomic E-state index is -0.131. The molecule has 1 rings (SSSR count). The molecule has 2 unspecified atom stereocenters. The second kappa shape index (κ2) is 6.25. The van der Waals surface area contributed by atoms with Crippen molar-refractivity contribution in [1.29, 1.82) is 0 Å². The number of nitrogens with two attached hydrogens (primary N) is 1. The Kier molecular flexibility index (Phi) is 6.12. The van der Waals surface area contributed by atoms with Crippen molar-refractivity contribution >= 4 is 24.0 Å². The first-order valence-electron chi connectivity index (χ1n) is 4.19. The monoisotopic (exact) mass is 235 g/mol. The van der Waals surface area contributed by atoms with Crippen molar-refractivity contribution in [1.82, 2.24) is 0 Å². The normalized spacial score (nSPS) is 14.3. The Morgan fingerprint density at radius 3 is 2.36 bits per heavy atom. The highest BCUT2D eigenvalue weighted by atomic mass is 35.5. The summed E-state index contributed by atoms with van der Waals surface area (Å²) in [7, 11) is 1.64. The topological polar surface area (TPSA) is 35.2 Å². The van der Waals surface area contributed by atoms with Crippen LogP contribution >= 0.6 is 24.0 Å². The van der Waals surface area contributed by atoms with E-state index in [9.17, 15) is 0 Å². The molecule has 1 aromatic rings. The van der Waals surface area contributed by atoms with Gasteiger partial charge in [0.1, 0.15) is 0 Å². The Balaban J connectivity index is 0.00000169. The van der Waals surface area contributed by atoms with E-state index in [1.54, 1.807) is 7.11 Å². The van der Waals surface area contributed by atoms with Crippen LogP contribution in [-0.2, 0) is 4.74 Å². The molecule has 0 aliphatic rings. The highest BCUT2D eigenvalue weighted by molar-refractivity contribution is 6.31. The van der Waals surface area contributed by atoms with Crippen molar-refractivity contribution in [2.75, 3.05) is 7.11 Å². The van der Waals surface area contributed by atoms with Gasteiger partial charge in [-0.15, -0.1) is 12.4 Å². The van der Waals surface area contributed by atoms with Crippen molar-refractivity contribution in [3.63, 3.8) is 0 Å². The van der Waals surface area contributed by atoms with Crippen molar-refractivity contribution in [3.8, 4) is 0 Å². The fourth-order valence-corrected chi connectivity index (χ4v) is 1.57. The predicted octanol–water partition coefficient (Wildman–Crippen LogP) is 2.80. The van der Waals surface area contributed by atoms with Gasteiger partial charge in [-0.05, 0) is 13.0 Å². The van der Waals surface area contributed by atoms with Gasteiger partial charge in [0.05, 0.1) is 6.10 Å². The van der Waals surface area contributed by atoms with Gasteiger partial charge >= 0.3 is 0 Å². The minimum Gasteiger partial charge on any atom is -0.375 e. The van der Waals surface area contributed by atoms with E-state index in [-0.39, 0.29) is 24.6 Å². The Hall–Kier alpha value is -0.280. The molecule has 0 aliphatic heterocycles. The molecule has 0 saturated heterocycles. The minimum absolute atomic E-state index is 0. The quantitative estimate of drug-likeness (QED) is 0.875. The molecule has 2 nitrogen and oxygen atoms in total. The summed E-state index contributed by atoms with van der Waals surface area (Å²) in [5, 5.41) is 0.701. The van der Waals surface area contributed by atoms with Gasteiger partial charge in [0, 0.05) is 23.7 Å². The van der Waals surface area contributed by atoms with Gasteiger partial charge < -0.3 is 10.5 Å². The maximum atomic E-state index is 6.01. The van der Waals surface area contributed by atoms with Crippen molar-refractivity contribution < 1.29 is 4.74 Å². The standard InChI is InChI=1S/C10H14ClNO.ClH/c1-7(12)10(13-2)8-5-3-4-6-9(8)11;/h3-7,10H,12H2,1-2H3;1H. The fraction of sp³-hybridized carbons (Fsp3) is 0.400. The lowest BCUT2D eigenvalue weighted by Gasteiger charge is -2.20. The number of benzene rings is 1. The van der Waals surface area contributed by atoms with Gasteiger partial charge in [0.2, 0.25) is 0 Å². The summed E-state index contributed by atoms with van der Waals surface area (Å²) in [6, 6.07) is 7.52. The van der Waals surface area contributed by atoms with E-state index in [4.69, 9.17) is 22.1 Å². The van der Waals surface area contributed by atoms with E-state index in [2.05, 4.69) is 0 Å². The van der Waals surface area contributed by atoms with Gasteiger partial charge in [-0.2, -0.15) is 0 Å². The van der Waals surface area contributed by atoms with Crippen LogP contribution in [0.15, 0.2) is 24.3 Å². The van der Waals surface area contributed by atoms with Gasteiger partial charge in [-0.25, -0.2) is 0 Å². The molecule has 0 bridgehead atoms. The van der Waals surface area contributed by atoms with Crippen LogP contribution < -0.4 is 5.73 Å². The molecule has 0 fully saturated rings. The van der Waals surface area contributed by atoms with Crippen LogP contribution in [0, 0.1) is 0 Å². The summed E-state index contributed by atoms with van der Waals surface area (Å²) in [6.45, 7) is 1.90. The molecular formula is C10H15Cl2NO. The van der Waals surface area contributed by atoms with E-state index in [1.807, 2.05) is 31.2 Å². The predicted molar refractivity (Wildman–Crippen MR) is 62.1 cm³/mol. The summed E-state index contributed by atoms with van der Waals surface area (Å²) in [5.41, 5.74) is 6.71. The van der Waals surface area contributed by atoms with Gasteiger partial charge in [0.15, 0.2) is 0 Å². The average molecular weight is 236 g/mol. The lowest BCUT2D eigenvalue weighted by molar-refractivity contribution is 0.0854. The molecule has 80 valence electrons. The van der Waals surface area contributed by atoms with Crippen LogP contribution in [0.4, 0.5) is 0 Å². The molecule has 2 N–H and O–H groups in total. The highest BCUT2D eigenvalue weighted by Gasteiger charge is 2.17. The van der Waals surface area contributed by atoms with E-state index in [0.717, 1.165) is 5.56 Å². The van der Waals surface area contributed by atoms with Crippen LogP contribution in [0.5, 0.6) is 0 Å². The van der Waals surface area contributed by atoms with Crippen LogP contribution in [0.3, 0.4) is 0 Å². The Bertz CT molecular complexity index is 279. The first-order valence-corrected chi connectivity index (χ1v) is 4.57. The summed E-state index contributed by atoms with van der Waals surface area (Å²) in [6.07, 6.45) is -0.131. The van der Waals surface area contributed by atoms with Gasteiger partial charge in [-0.3, -0.25) is 0 Å². The second-order valence-corrected chi connectivity index (χ2v) is 3.44. The number of rotatable bonds is 3. The first-order chi connectivity index (χ1) is 6.16. The summed E-state index contributed by atoms with van der Waals surface area (Å²) >= 11 is 6.01. The van der Waals surface area contributed by atoms with Gasteiger partial charge in [-0.1, -0.05) is 29.8 Å². The highest BCUT2D eigenvalue weighted by Crippen LogP contribution is 2.26. The van der Waals surface area contributed by atoms with E-state index in [0.29, 0.717) is 5.02 Å². The van der Waals surface area contributed by atoms with E-state index >= 15 is 0 Å². The summed E-state index contributed by atoms with van der Waals surface area (Å²) < 4.78 is 5.27. The molecular weight excluding hydrogens is 221 g/mol. The molecule has 0 amide bonds. The largest absolute Gasteiger partial charge is 0.375 e. The van der Waals surface area contributed by atoms with Crippen LogP contribution in [0.2, 0.25) is 5.02 Å². The second-order valence-electron chi connectivity index (χ2n) is 3.04. The molecule has 0 radical (unpaired) electrons. The molecule has 0 aliphatic carbocycles. The fourth-order valence-electron chi connectivity index (χ4n) is 1.33. The maximum Gasteiger partial charge on any atom is 0.0983 e. The zero-order chi connectivity index (χ0) is 9.84. The Morgan fingerprint density at radius 2 is 1.93 bits per heavy atom. The molecule has 0 saturated carbocycles. The summed E-state index contributed by atoms with van der Waals surface area (Å²) in [5.74, 6) is 0. The van der Waals surface area contributed by atoms with E-state index < -0.39 is 0 Å². The lowest BCUT2D eigenvalue weighted by atomic mass is 10.0. The zero-order valence-corrected chi connectivity index (χ0v) is 9.81. The zero-order valence-electron chi connectivity index (χ0n) is 8.24. The number of halogens is 2. The molecule has 4 heteroatoms. The number of ether oxygens (including phenoxy) is 1. The Labute approximate surface area is 95.8 Å². The van der Waals surface area contributed by atoms with Crippen molar-refractivity contribution in [3.05, 3.63) is 34.9 Å². The molecule has 1 aromatic carbocycles. The molecule has 2 atom stereocenters. The number of hydrogen-bond acceptors (Lipinski definition) is 2. The third-order valence-electron chi connectivity index (χ3n) is 1.94.